The van der Waals surface area contributed by atoms with Gasteiger partial charge in [0.1, 0.15) is 0 Å². The van der Waals surface area contributed by atoms with Gasteiger partial charge in [-0.15, -0.1) is 0 Å². The molecule has 0 heterocycles. The standard InChI is InChI=1S/C17H21NO/c1-13(14(2)19)18-17(15-9-5-3-6-10-15)16-11-7-4-8-12-16/h3-14,17-19H,1-2H3. The van der Waals surface area contributed by atoms with E-state index in [1.165, 1.54) is 11.1 Å². The predicted molar refractivity (Wildman–Crippen MR) is 79.0 cm³/mol. The van der Waals surface area contributed by atoms with E-state index in [0.29, 0.717) is 0 Å². The van der Waals surface area contributed by atoms with Crippen molar-refractivity contribution in [3.05, 3.63) is 71.8 Å². The second kappa shape index (κ2) is 6.50. The molecule has 0 radical (unpaired) electrons. The maximum Gasteiger partial charge on any atom is 0.0662 e. The minimum Gasteiger partial charge on any atom is -0.392 e. The molecule has 0 saturated heterocycles. The van der Waals surface area contributed by atoms with Crippen LogP contribution in [0, 0.1) is 0 Å². The first-order chi connectivity index (χ1) is 9.18. The molecule has 0 bridgehead atoms. The van der Waals surface area contributed by atoms with Crippen LogP contribution in [0.25, 0.3) is 0 Å². The van der Waals surface area contributed by atoms with Crippen molar-refractivity contribution in [1.82, 2.24) is 5.32 Å². The van der Waals surface area contributed by atoms with Gasteiger partial charge < -0.3 is 10.4 Å². The fraction of sp³-hybridized carbons (Fsp3) is 0.294. The van der Waals surface area contributed by atoms with Crippen LogP contribution in [-0.2, 0) is 0 Å². The topological polar surface area (TPSA) is 32.3 Å². The first-order valence-electron chi connectivity index (χ1n) is 6.72. The molecule has 0 aromatic heterocycles. The average Bonchev–Trinajstić information content (AvgIpc) is 2.46. The largest absolute Gasteiger partial charge is 0.392 e. The highest BCUT2D eigenvalue weighted by molar-refractivity contribution is 5.31. The van der Waals surface area contributed by atoms with Crippen LogP contribution in [-0.4, -0.2) is 17.3 Å². The number of rotatable bonds is 5. The summed E-state index contributed by atoms with van der Waals surface area (Å²) in [5, 5.41) is 13.2. The molecule has 2 unspecified atom stereocenters. The van der Waals surface area contributed by atoms with Crippen LogP contribution in [0.2, 0.25) is 0 Å². The van der Waals surface area contributed by atoms with Crippen LogP contribution in [0.5, 0.6) is 0 Å². The quantitative estimate of drug-likeness (QED) is 0.860. The molecule has 2 atom stereocenters. The van der Waals surface area contributed by atoms with Crippen LogP contribution in [0.15, 0.2) is 60.7 Å². The fourth-order valence-corrected chi connectivity index (χ4v) is 2.08. The van der Waals surface area contributed by atoms with E-state index in [1.807, 2.05) is 50.2 Å². The zero-order valence-corrected chi connectivity index (χ0v) is 11.5. The Kier molecular flexibility index (Phi) is 4.72. The molecule has 0 spiro atoms. The first-order valence-corrected chi connectivity index (χ1v) is 6.72. The van der Waals surface area contributed by atoms with E-state index in [0.717, 1.165) is 0 Å². The summed E-state index contributed by atoms with van der Waals surface area (Å²) in [4.78, 5) is 0. The molecule has 0 aliphatic heterocycles. The van der Waals surface area contributed by atoms with Crippen molar-refractivity contribution in [2.75, 3.05) is 0 Å². The van der Waals surface area contributed by atoms with Crippen LogP contribution in [0.1, 0.15) is 31.0 Å². The highest BCUT2D eigenvalue weighted by Crippen LogP contribution is 2.22. The summed E-state index contributed by atoms with van der Waals surface area (Å²) in [6, 6.07) is 20.8. The average molecular weight is 255 g/mol. The second-order valence-corrected chi connectivity index (χ2v) is 4.95. The zero-order chi connectivity index (χ0) is 13.7. The van der Waals surface area contributed by atoms with E-state index in [1.54, 1.807) is 0 Å². The van der Waals surface area contributed by atoms with Crippen LogP contribution >= 0.6 is 0 Å². The fourth-order valence-electron chi connectivity index (χ4n) is 2.08. The summed E-state index contributed by atoms with van der Waals surface area (Å²) >= 11 is 0. The minimum absolute atomic E-state index is 0.0328. The normalized spacial score (nSPS) is 14.3. The maximum atomic E-state index is 9.70. The Bertz CT molecular complexity index is 442. The summed E-state index contributed by atoms with van der Waals surface area (Å²) in [5.41, 5.74) is 2.42. The van der Waals surface area contributed by atoms with E-state index in [-0.39, 0.29) is 18.2 Å². The monoisotopic (exact) mass is 255 g/mol. The van der Waals surface area contributed by atoms with Crippen LogP contribution in [0.4, 0.5) is 0 Å². The van der Waals surface area contributed by atoms with Gasteiger partial charge in [0.05, 0.1) is 12.1 Å². The van der Waals surface area contributed by atoms with Gasteiger partial charge in [-0.25, -0.2) is 0 Å². The third kappa shape index (κ3) is 3.66. The Morgan fingerprint density at radius 1 is 0.789 bits per heavy atom. The lowest BCUT2D eigenvalue weighted by atomic mass is 9.97. The van der Waals surface area contributed by atoms with Gasteiger partial charge in [-0.1, -0.05) is 60.7 Å². The van der Waals surface area contributed by atoms with Crippen molar-refractivity contribution >= 4 is 0 Å². The van der Waals surface area contributed by atoms with E-state index in [4.69, 9.17) is 0 Å². The molecular formula is C17H21NO. The number of nitrogens with one attached hydrogen (secondary N) is 1. The molecule has 0 saturated carbocycles. The Morgan fingerprint density at radius 2 is 1.21 bits per heavy atom. The highest BCUT2D eigenvalue weighted by atomic mass is 16.3. The third-order valence-corrected chi connectivity index (χ3v) is 3.42. The molecule has 2 aromatic rings. The van der Waals surface area contributed by atoms with Gasteiger partial charge in [0.25, 0.3) is 0 Å². The van der Waals surface area contributed by atoms with E-state index in [9.17, 15) is 5.11 Å². The number of aliphatic hydroxyl groups excluding tert-OH is 1. The van der Waals surface area contributed by atoms with Crippen molar-refractivity contribution in [2.45, 2.75) is 32.0 Å². The molecule has 0 aliphatic rings. The molecule has 2 N–H and O–H groups in total. The summed E-state index contributed by atoms with van der Waals surface area (Å²) < 4.78 is 0. The van der Waals surface area contributed by atoms with Crippen molar-refractivity contribution in [3.63, 3.8) is 0 Å². The zero-order valence-electron chi connectivity index (χ0n) is 11.5. The molecule has 2 aromatic carbocycles. The van der Waals surface area contributed by atoms with Crippen molar-refractivity contribution in [2.24, 2.45) is 0 Å². The summed E-state index contributed by atoms with van der Waals surface area (Å²) in [6.07, 6.45) is -0.380. The van der Waals surface area contributed by atoms with Crippen molar-refractivity contribution < 1.29 is 5.11 Å². The van der Waals surface area contributed by atoms with E-state index in [2.05, 4.69) is 29.6 Å². The smallest absolute Gasteiger partial charge is 0.0662 e. The van der Waals surface area contributed by atoms with Gasteiger partial charge in [0, 0.05) is 6.04 Å². The first kappa shape index (κ1) is 13.8. The molecule has 100 valence electrons. The number of benzene rings is 2. The molecular weight excluding hydrogens is 234 g/mol. The van der Waals surface area contributed by atoms with E-state index >= 15 is 0 Å². The molecule has 2 heteroatoms. The molecule has 0 aliphatic carbocycles. The van der Waals surface area contributed by atoms with Crippen molar-refractivity contribution in [3.8, 4) is 0 Å². The lowest BCUT2D eigenvalue weighted by molar-refractivity contribution is 0.148. The molecule has 19 heavy (non-hydrogen) atoms. The van der Waals surface area contributed by atoms with Gasteiger partial charge >= 0.3 is 0 Å². The van der Waals surface area contributed by atoms with Crippen molar-refractivity contribution in [1.29, 1.82) is 0 Å². The Morgan fingerprint density at radius 3 is 1.58 bits per heavy atom. The summed E-state index contributed by atoms with van der Waals surface area (Å²) in [6.45, 7) is 3.81. The number of aliphatic hydroxyl groups is 1. The number of hydrogen-bond acceptors (Lipinski definition) is 2. The SMILES string of the molecule is CC(O)C(C)NC(c1ccccc1)c1ccccc1. The highest BCUT2D eigenvalue weighted by Gasteiger charge is 2.18. The maximum absolute atomic E-state index is 9.70. The number of hydrogen-bond donors (Lipinski definition) is 2. The van der Waals surface area contributed by atoms with Gasteiger partial charge in [-0.2, -0.15) is 0 Å². The molecule has 2 nitrogen and oxygen atoms in total. The molecule has 2 rings (SSSR count). The minimum atomic E-state index is -0.380. The Labute approximate surface area is 115 Å². The molecule has 0 fully saturated rings. The lowest BCUT2D eigenvalue weighted by Crippen LogP contribution is -2.38. The third-order valence-electron chi connectivity index (χ3n) is 3.42. The predicted octanol–water partition coefficient (Wildman–Crippen LogP) is 3.13. The summed E-state index contributed by atoms with van der Waals surface area (Å²) in [5.74, 6) is 0. The lowest BCUT2D eigenvalue weighted by Gasteiger charge is -2.26. The van der Waals surface area contributed by atoms with E-state index < -0.39 is 0 Å². The van der Waals surface area contributed by atoms with Crippen LogP contribution < -0.4 is 5.32 Å². The van der Waals surface area contributed by atoms with Gasteiger partial charge in [-0.05, 0) is 25.0 Å². The Balaban J connectivity index is 2.29. The second-order valence-electron chi connectivity index (χ2n) is 4.95. The van der Waals surface area contributed by atoms with Gasteiger partial charge in [-0.3, -0.25) is 0 Å². The molecule has 0 amide bonds. The van der Waals surface area contributed by atoms with Gasteiger partial charge in [0.2, 0.25) is 0 Å². The summed E-state index contributed by atoms with van der Waals surface area (Å²) in [7, 11) is 0. The van der Waals surface area contributed by atoms with Crippen LogP contribution in [0.3, 0.4) is 0 Å². The van der Waals surface area contributed by atoms with Gasteiger partial charge in [0.15, 0.2) is 0 Å². The Hall–Kier alpha value is -1.64.